The zero-order valence-corrected chi connectivity index (χ0v) is 6.06. The van der Waals surface area contributed by atoms with E-state index in [4.69, 9.17) is 4.84 Å². The fraction of sp³-hybridized carbons (Fsp3) is 0.250. The van der Waals surface area contributed by atoms with Crippen molar-refractivity contribution in [2.24, 2.45) is 0 Å². The molecule has 2 nitrogen and oxygen atoms in total. The SMILES string of the molecule is Cc1ccc2c(C)c1NO2. The summed E-state index contributed by atoms with van der Waals surface area (Å²) in [5, 5.41) is 0. The van der Waals surface area contributed by atoms with Gasteiger partial charge in [-0.15, -0.1) is 0 Å². The van der Waals surface area contributed by atoms with Gasteiger partial charge in [0.2, 0.25) is 0 Å². The number of hydrogen-bond donors (Lipinski definition) is 1. The summed E-state index contributed by atoms with van der Waals surface area (Å²) in [4.78, 5) is 5.14. The van der Waals surface area contributed by atoms with Crippen LogP contribution in [0.5, 0.6) is 5.75 Å². The molecule has 1 aliphatic rings. The van der Waals surface area contributed by atoms with Crippen molar-refractivity contribution in [1.82, 2.24) is 0 Å². The fourth-order valence-corrected chi connectivity index (χ4v) is 1.20. The highest BCUT2D eigenvalue weighted by Crippen LogP contribution is 2.33. The van der Waals surface area contributed by atoms with Crippen molar-refractivity contribution in [2.75, 3.05) is 5.48 Å². The molecule has 0 saturated carbocycles. The van der Waals surface area contributed by atoms with Crippen LogP contribution in [0.3, 0.4) is 0 Å². The van der Waals surface area contributed by atoms with Crippen molar-refractivity contribution in [3.05, 3.63) is 23.3 Å². The van der Waals surface area contributed by atoms with Crippen LogP contribution in [-0.2, 0) is 0 Å². The first-order valence-corrected chi connectivity index (χ1v) is 3.32. The Labute approximate surface area is 59.8 Å². The second-order valence-electron chi connectivity index (χ2n) is 2.58. The van der Waals surface area contributed by atoms with Crippen molar-refractivity contribution in [2.45, 2.75) is 13.8 Å². The van der Waals surface area contributed by atoms with Crippen LogP contribution in [0, 0.1) is 13.8 Å². The topological polar surface area (TPSA) is 21.3 Å². The molecule has 1 aromatic carbocycles. The van der Waals surface area contributed by atoms with Gasteiger partial charge in [-0.3, -0.25) is 0 Å². The normalized spacial score (nSPS) is 12.6. The van der Waals surface area contributed by atoms with Crippen molar-refractivity contribution in [3.8, 4) is 5.75 Å². The summed E-state index contributed by atoms with van der Waals surface area (Å²) >= 11 is 0. The molecule has 1 aromatic rings. The molecule has 0 fully saturated rings. The predicted octanol–water partition coefficient (Wildman–Crippen LogP) is 2.02. The minimum atomic E-state index is 0.945. The third-order valence-corrected chi connectivity index (χ3v) is 1.89. The average molecular weight is 135 g/mol. The van der Waals surface area contributed by atoms with Crippen molar-refractivity contribution in [1.29, 1.82) is 0 Å². The number of aryl methyl sites for hydroxylation is 1. The van der Waals surface area contributed by atoms with E-state index < -0.39 is 0 Å². The summed E-state index contributed by atoms with van der Waals surface area (Å²) in [5.41, 5.74) is 6.43. The first-order valence-electron chi connectivity index (χ1n) is 3.32. The Morgan fingerprint density at radius 2 is 2.10 bits per heavy atom. The van der Waals surface area contributed by atoms with Gasteiger partial charge in [0.25, 0.3) is 0 Å². The standard InChI is InChI=1S/C8H9NO/c1-5-3-4-7-6(2)8(5)9-10-7/h3-4,9H,1-2H3. The monoisotopic (exact) mass is 135 g/mol. The third kappa shape index (κ3) is 0.533. The molecule has 10 heavy (non-hydrogen) atoms. The van der Waals surface area contributed by atoms with Crippen LogP contribution in [0.15, 0.2) is 12.1 Å². The molecule has 0 amide bonds. The Hall–Kier alpha value is -1.18. The lowest BCUT2D eigenvalue weighted by Crippen LogP contribution is -1.96. The summed E-state index contributed by atoms with van der Waals surface area (Å²) in [6.45, 7) is 4.12. The van der Waals surface area contributed by atoms with Crippen molar-refractivity contribution < 1.29 is 4.84 Å². The van der Waals surface area contributed by atoms with Crippen LogP contribution in [0.25, 0.3) is 0 Å². The minimum Gasteiger partial charge on any atom is -0.382 e. The zero-order chi connectivity index (χ0) is 7.14. The molecule has 0 unspecified atom stereocenters. The van der Waals surface area contributed by atoms with Crippen LogP contribution in [0.1, 0.15) is 11.1 Å². The maximum atomic E-state index is 5.14. The Kier molecular flexibility index (Phi) is 0.926. The highest BCUT2D eigenvalue weighted by Gasteiger charge is 2.14. The molecular formula is C8H9NO. The Bertz CT molecular complexity index is 281. The average Bonchev–Trinajstić information content (AvgIpc) is 2.13. The molecule has 0 aromatic heterocycles. The first-order chi connectivity index (χ1) is 4.79. The molecule has 0 saturated heterocycles. The van der Waals surface area contributed by atoms with E-state index in [9.17, 15) is 0 Å². The highest BCUT2D eigenvalue weighted by atomic mass is 16.7. The second kappa shape index (κ2) is 1.66. The number of benzene rings is 1. The number of nitrogens with one attached hydrogen (secondary N) is 1. The molecule has 0 atom stereocenters. The van der Waals surface area contributed by atoms with E-state index in [1.807, 2.05) is 6.07 Å². The lowest BCUT2D eigenvalue weighted by Gasteiger charge is -1.96. The fourth-order valence-electron chi connectivity index (χ4n) is 1.20. The number of anilines is 1. The number of fused-ring (bicyclic) bond motifs is 2. The van der Waals surface area contributed by atoms with Gasteiger partial charge in [-0.05, 0) is 25.5 Å². The van der Waals surface area contributed by atoms with Gasteiger partial charge in [0.05, 0.1) is 5.69 Å². The van der Waals surface area contributed by atoms with E-state index in [2.05, 4.69) is 25.4 Å². The summed E-state index contributed by atoms with van der Waals surface area (Å²) in [6.07, 6.45) is 0. The van der Waals surface area contributed by atoms with Gasteiger partial charge in [-0.2, -0.15) is 0 Å². The van der Waals surface area contributed by atoms with E-state index in [1.54, 1.807) is 0 Å². The van der Waals surface area contributed by atoms with Gasteiger partial charge >= 0.3 is 0 Å². The molecule has 1 N–H and O–H groups in total. The Morgan fingerprint density at radius 3 is 2.80 bits per heavy atom. The lowest BCUT2D eigenvalue weighted by molar-refractivity contribution is 0.421. The van der Waals surface area contributed by atoms with Gasteiger partial charge in [0, 0.05) is 5.56 Å². The molecule has 0 aliphatic carbocycles. The van der Waals surface area contributed by atoms with E-state index in [0.29, 0.717) is 0 Å². The Morgan fingerprint density at radius 1 is 1.30 bits per heavy atom. The van der Waals surface area contributed by atoms with Crippen LogP contribution in [0.2, 0.25) is 0 Å². The summed E-state index contributed by atoms with van der Waals surface area (Å²) in [7, 11) is 0. The summed E-state index contributed by atoms with van der Waals surface area (Å²) in [5.74, 6) is 0.945. The number of rotatable bonds is 0. The van der Waals surface area contributed by atoms with Gasteiger partial charge < -0.3 is 4.84 Å². The van der Waals surface area contributed by atoms with E-state index in [1.165, 1.54) is 11.1 Å². The van der Waals surface area contributed by atoms with Crippen LogP contribution in [-0.4, -0.2) is 0 Å². The number of hydrogen-bond acceptors (Lipinski definition) is 2. The Balaban J connectivity index is 2.73. The van der Waals surface area contributed by atoms with E-state index >= 15 is 0 Å². The third-order valence-electron chi connectivity index (χ3n) is 1.89. The zero-order valence-electron chi connectivity index (χ0n) is 6.06. The van der Waals surface area contributed by atoms with E-state index in [0.717, 1.165) is 11.4 Å². The lowest BCUT2D eigenvalue weighted by atomic mass is 10.1. The van der Waals surface area contributed by atoms with Crippen molar-refractivity contribution in [3.63, 3.8) is 0 Å². The molecule has 1 aliphatic heterocycles. The maximum Gasteiger partial charge on any atom is 0.160 e. The van der Waals surface area contributed by atoms with Crippen molar-refractivity contribution >= 4 is 5.69 Å². The van der Waals surface area contributed by atoms with Gasteiger partial charge in [-0.25, -0.2) is 5.48 Å². The molecule has 1 heterocycles. The summed E-state index contributed by atoms with van der Waals surface area (Å²) < 4.78 is 0. The highest BCUT2D eigenvalue weighted by molar-refractivity contribution is 5.64. The molecule has 0 radical (unpaired) electrons. The largest absolute Gasteiger partial charge is 0.382 e. The molecule has 2 heteroatoms. The van der Waals surface area contributed by atoms with Gasteiger partial charge in [-0.1, -0.05) is 6.07 Å². The van der Waals surface area contributed by atoms with Crippen LogP contribution in [0.4, 0.5) is 5.69 Å². The van der Waals surface area contributed by atoms with Crippen LogP contribution < -0.4 is 10.3 Å². The summed E-state index contributed by atoms with van der Waals surface area (Å²) in [6, 6.07) is 4.03. The molecule has 2 bridgehead atoms. The van der Waals surface area contributed by atoms with Gasteiger partial charge in [0.15, 0.2) is 5.75 Å². The molecule has 52 valence electrons. The first kappa shape index (κ1) is 5.59. The minimum absolute atomic E-state index is 0.945. The molecule has 0 spiro atoms. The molecule has 2 rings (SSSR count). The molecular weight excluding hydrogens is 126 g/mol. The van der Waals surface area contributed by atoms with E-state index in [-0.39, 0.29) is 0 Å². The maximum absolute atomic E-state index is 5.14. The predicted molar refractivity (Wildman–Crippen MR) is 40.2 cm³/mol. The van der Waals surface area contributed by atoms with Crippen LogP contribution >= 0.6 is 0 Å². The second-order valence-corrected chi connectivity index (χ2v) is 2.58. The smallest absolute Gasteiger partial charge is 0.160 e. The van der Waals surface area contributed by atoms with Gasteiger partial charge in [0.1, 0.15) is 0 Å². The quantitative estimate of drug-likeness (QED) is 0.587.